The van der Waals surface area contributed by atoms with Gasteiger partial charge in [0.05, 0.1) is 26.7 Å². The van der Waals surface area contributed by atoms with E-state index in [9.17, 15) is 5.02 Å². The quantitative estimate of drug-likeness (QED) is 0.870. The maximum Gasteiger partial charge on any atom is 0.526 e. The largest absolute Gasteiger partial charge is 0.542 e. The highest BCUT2D eigenvalue weighted by molar-refractivity contribution is 6.47. The summed E-state index contributed by atoms with van der Waals surface area (Å²) in [6.45, 7) is 0. The van der Waals surface area contributed by atoms with Crippen LogP contribution in [0.3, 0.4) is 0 Å². The lowest BCUT2D eigenvalue weighted by Crippen LogP contribution is -2.08. The van der Waals surface area contributed by atoms with Gasteiger partial charge in [-0.15, -0.1) is 0 Å². The molecule has 3 rings (SSSR count). The summed E-state index contributed by atoms with van der Waals surface area (Å²) in [5, 5.41) is 9.44. The summed E-state index contributed by atoms with van der Waals surface area (Å²) in [6.07, 6.45) is 3.63. The summed E-state index contributed by atoms with van der Waals surface area (Å²) in [7, 11) is 2.31. The van der Waals surface area contributed by atoms with Crippen LogP contribution in [0.25, 0.3) is 17.0 Å². The third-order valence-electron chi connectivity index (χ3n) is 3.39. The number of allylic oxidation sites excluding steroid dienone is 1. The van der Waals surface area contributed by atoms with E-state index in [0.717, 1.165) is 16.7 Å². The molecule has 0 atom stereocenters. The van der Waals surface area contributed by atoms with Gasteiger partial charge in [0.1, 0.15) is 0 Å². The third kappa shape index (κ3) is 2.75. The lowest BCUT2D eigenvalue weighted by Gasteiger charge is -2.08. The molecule has 1 aliphatic heterocycles. The molecule has 2 aromatic rings. The molecule has 0 bridgehead atoms. The van der Waals surface area contributed by atoms with Crippen molar-refractivity contribution in [2.45, 2.75) is 6.32 Å². The molecule has 7 heteroatoms. The number of hydrogen-bond acceptors (Lipinski definition) is 6. The predicted molar refractivity (Wildman–Crippen MR) is 82.4 cm³/mol. The van der Waals surface area contributed by atoms with E-state index in [4.69, 9.17) is 14.1 Å². The van der Waals surface area contributed by atoms with E-state index in [-0.39, 0.29) is 0 Å². The fraction of sp³-hybridized carbons (Fsp3) is 0.200. The van der Waals surface area contributed by atoms with Crippen LogP contribution in [0, 0.1) is 0 Å². The summed E-state index contributed by atoms with van der Waals surface area (Å²) in [6, 6.07) is 7.74. The predicted octanol–water partition coefficient (Wildman–Crippen LogP) is 2.01. The molecule has 0 saturated carbocycles. The summed E-state index contributed by atoms with van der Waals surface area (Å²) < 4.78 is 15.4. The van der Waals surface area contributed by atoms with Gasteiger partial charge in [0.2, 0.25) is 0 Å². The minimum Gasteiger partial charge on any atom is -0.542 e. The first-order valence-corrected chi connectivity index (χ1v) is 6.79. The molecule has 2 heterocycles. The molecule has 0 unspecified atom stereocenters. The summed E-state index contributed by atoms with van der Waals surface area (Å²) in [5.41, 5.74) is 2.75. The summed E-state index contributed by atoms with van der Waals surface area (Å²) >= 11 is 0. The van der Waals surface area contributed by atoms with Gasteiger partial charge in [0.15, 0.2) is 11.6 Å². The molecule has 0 spiro atoms. The molecule has 1 aliphatic rings. The third-order valence-corrected chi connectivity index (χ3v) is 3.39. The molecule has 0 aliphatic carbocycles. The molecule has 0 saturated heterocycles. The van der Waals surface area contributed by atoms with Gasteiger partial charge in [-0.3, -0.25) is 0 Å². The fourth-order valence-corrected chi connectivity index (χ4v) is 2.27. The molecule has 1 aromatic carbocycles. The highest BCUT2D eigenvalue weighted by Crippen LogP contribution is 2.30. The second-order valence-electron chi connectivity index (χ2n) is 4.79. The Bertz CT molecular complexity index is 720. The molecule has 1 aromatic heterocycles. The van der Waals surface area contributed by atoms with E-state index < -0.39 is 7.12 Å². The number of ether oxygens (including phenoxy) is 2. The van der Waals surface area contributed by atoms with Crippen molar-refractivity contribution < 1.29 is 19.2 Å². The first kappa shape index (κ1) is 14.4. The lowest BCUT2D eigenvalue weighted by atomic mass is 9.82. The van der Waals surface area contributed by atoms with Crippen molar-refractivity contribution in [3.8, 4) is 23.0 Å². The first-order chi connectivity index (χ1) is 10.7. The molecule has 112 valence electrons. The van der Waals surface area contributed by atoms with E-state index >= 15 is 0 Å². The van der Waals surface area contributed by atoms with Crippen molar-refractivity contribution in [1.82, 2.24) is 9.97 Å². The molecule has 0 fully saturated rings. The molecule has 0 radical (unpaired) electrons. The van der Waals surface area contributed by atoms with Crippen LogP contribution in [0.4, 0.5) is 0 Å². The van der Waals surface area contributed by atoms with Crippen LogP contribution in [0.5, 0.6) is 11.6 Å². The topological polar surface area (TPSA) is 73.7 Å². The van der Waals surface area contributed by atoms with E-state index in [2.05, 4.69) is 9.97 Å². The Labute approximate surface area is 128 Å². The van der Waals surface area contributed by atoms with Gasteiger partial charge < -0.3 is 19.2 Å². The van der Waals surface area contributed by atoms with Crippen LogP contribution in [0.2, 0.25) is 6.32 Å². The number of nitrogens with zero attached hydrogens (tertiary/aromatic N) is 2. The Hall–Kier alpha value is -2.54. The zero-order valence-corrected chi connectivity index (χ0v) is 12.3. The number of hydrogen-bond donors (Lipinski definition) is 1. The highest BCUT2D eigenvalue weighted by Gasteiger charge is 2.23. The molecule has 22 heavy (non-hydrogen) atoms. The van der Waals surface area contributed by atoms with Crippen molar-refractivity contribution in [2.24, 2.45) is 0 Å². The molecular weight excluding hydrogens is 283 g/mol. The Kier molecular flexibility index (Phi) is 3.97. The second-order valence-corrected chi connectivity index (χ2v) is 4.79. The Morgan fingerprint density at radius 2 is 2.05 bits per heavy atom. The number of methoxy groups -OCH3 is 2. The van der Waals surface area contributed by atoms with Crippen molar-refractivity contribution in [3.63, 3.8) is 0 Å². The van der Waals surface area contributed by atoms with E-state index in [1.54, 1.807) is 19.6 Å². The minimum absolute atomic E-state index is 0.386. The van der Waals surface area contributed by atoms with Gasteiger partial charge in [0.25, 0.3) is 5.88 Å². The van der Waals surface area contributed by atoms with E-state index in [1.165, 1.54) is 7.11 Å². The second kappa shape index (κ2) is 6.07. The molecule has 6 nitrogen and oxygen atoms in total. The zero-order valence-electron chi connectivity index (χ0n) is 12.3. The summed E-state index contributed by atoms with van der Waals surface area (Å²) in [4.78, 5) is 8.65. The maximum atomic E-state index is 9.44. The van der Waals surface area contributed by atoms with Crippen LogP contribution in [0.1, 0.15) is 5.56 Å². The smallest absolute Gasteiger partial charge is 0.526 e. The number of rotatable bonds is 4. The minimum atomic E-state index is -0.768. The Morgan fingerprint density at radius 1 is 1.23 bits per heavy atom. The average Bonchev–Trinajstić information content (AvgIpc) is 3.01. The van der Waals surface area contributed by atoms with Gasteiger partial charge in [-0.25, -0.2) is 4.98 Å². The van der Waals surface area contributed by atoms with Gasteiger partial charge in [-0.1, -0.05) is 18.2 Å². The van der Waals surface area contributed by atoms with Gasteiger partial charge in [-0.05, 0) is 17.2 Å². The molecule has 0 amide bonds. The van der Waals surface area contributed by atoms with Crippen LogP contribution in [-0.2, 0) is 4.65 Å². The SMILES string of the molecule is COc1cnc(-c2cccc(C3=COB(O)C3)c2)nc1OC. The fourth-order valence-electron chi connectivity index (χ4n) is 2.27. The number of benzene rings is 1. The van der Waals surface area contributed by atoms with Crippen LogP contribution in [0.15, 0.2) is 36.7 Å². The monoisotopic (exact) mass is 298 g/mol. The molecular formula is C15H15BN2O4. The highest BCUT2D eigenvalue weighted by atomic mass is 16.5. The van der Waals surface area contributed by atoms with Gasteiger partial charge in [-0.2, -0.15) is 4.98 Å². The van der Waals surface area contributed by atoms with Crippen LogP contribution >= 0.6 is 0 Å². The Morgan fingerprint density at radius 3 is 2.73 bits per heavy atom. The zero-order chi connectivity index (χ0) is 15.5. The number of aromatic nitrogens is 2. The Balaban J connectivity index is 1.95. The lowest BCUT2D eigenvalue weighted by molar-refractivity contribution is 0.341. The average molecular weight is 298 g/mol. The first-order valence-electron chi connectivity index (χ1n) is 6.79. The van der Waals surface area contributed by atoms with Crippen molar-refractivity contribution in [3.05, 3.63) is 42.3 Å². The van der Waals surface area contributed by atoms with Gasteiger partial charge in [0, 0.05) is 11.9 Å². The van der Waals surface area contributed by atoms with Crippen molar-refractivity contribution >= 4 is 12.7 Å². The van der Waals surface area contributed by atoms with E-state index in [1.807, 2.05) is 24.3 Å². The normalized spacial score (nSPS) is 13.6. The van der Waals surface area contributed by atoms with Crippen LogP contribution < -0.4 is 9.47 Å². The molecule has 1 N–H and O–H groups in total. The standard InChI is InChI=1S/C15H15BN2O4/c1-20-13-8-17-14(18-15(13)21-2)11-5-3-4-10(6-11)12-7-16(19)22-9-12/h3-6,8-9,19H,7H2,1-2H3. The maximum absolute atomic E-state index is 9.44. The van der Waals surface area contributed by atoms with Crippen molar-refractivity contribution in [1.29, 1.82) is 0 Å². The van der Waals surface area contributed by atoms with Crippen molar-refractivity contribution in [2.75, 3.05) is 14.2 Å². The van der Waals surface area contributed by atoms with Gasteiger partial charge >= 0.3 is 7.12 Å². The summed E-state index contributed by atoms with van der Waals surface area (Å²) in [5.74, 6) is 1.41. The van der Waals surface area contributed by atoms with Crippen LogP contribution in [-0.4, -0.2) is 36.3 Å². The van der Waals surface area contributed by atoms with E-state index in [0.29, 0.717) is 23.8 Å².